The van der Waals surface area contributed by atoms with Gasteiger partial charge >= 0.3 is 0 Å². The van der Waals surface area contributed by atoms with Gasteiger partial charge in [-0.05, 0) is 19.1 Å². The molecule has 5 heterocycles. The molecule has 0 saturated carbocycles. The van der Waals surface area contributed by atoms with Crippen molar-refractivity contribution in [1.29, 1.82) is 0 Å². The molecule has 158 valence electrons. The van der Waals surface area contributed by atoms with Crippen LogP contribution in [0.1, 0.15) is 11.6 Å². The summed E-state index contributed by atoms with van der Waals surface area (Å²) < 4.78 is 14.5. The molecule has 0 aliphatic carbocycles. The Morgan fingerprint density at radius 3 is 2.87 bits per heavy atom. The first-order valence-corrected chi connectivity index (χ1v) is 10.7. The Morgan fingerprint density at radius 2 is 2.10 bits per heavy atom. The first kappa shape index (κ1) is 18.4. The topological polar surface area (TPSA) is 79.8 Å². The molecule has 3 saturated heterocycles. The molecule has 8 nitrogen and oxygen atoms in total. The van der Waals surface area contributed by atoms with Gasteiger partial charge in [-0.25, -0.2) is 4.68 Å². The fourth-order valence-corrected chi connectivity index (χ4v) is 5.91. The van der Waals surface area contributed by atoms with Crippen molar-refractivity contribution < 1.29 is 14.3 Å². The molecule has 0 unspecified atom stereocenters. The van der Waals surface area contributed by atoms with Crippen LogP contribution in [0.2, 0.25) is 0 Å². The van der Waals surface area contributed by atoms with Crippen LogP contribution >= 0.6 is 0 Å². The van der Waals surface area contributed by atoms with E-state index < -0.39 is 0 Å². The number of aromatic nitrogens is 3. The van der Waals surface area contributed by atoms with Gasteiger partial charge in [-0.1, -0.05) is 18.2 Å². The number of hydrogen-bond donors (Lipinski definition) is 1. The Balaban J connectivity index is 1.27. The molecule has 1 spiro atoms. The van der Waals surface area contributed by atoms with Crippen molar-refractivity contribution in [2.24, 2.45) is 18.9 Å². The summed E-state index contributed by atoms with van der Waals surface area (Å²) in [5.41, 5.74) is 0.637. The van der Waals surface area contributed by atoms with Crippen LogP contribution in [0.3, 0.4) is 0 Å². The number of fused-ring (bicyclic) bond motifs is 2. The second-order valence-electron chi connectivity index (χ2n) is 9.06. The number of anilines is 1. The maximum Gasteiger partial charge on any atom is 0.223 e. The maximum atomic E-state index is 10.2. The largest absolute Gasteiger partial charge is 0.460 e. The predicted octanol–water partition coefficient (Wildman–Crippen LogP) is 1.57. The number of benzene rings is 1. The van der Waals surface area contributed by atoms with Crippen molar-refractivity contribution in [2.45, 2.75) is 25.2 Å². The molecule has 1 aromatic carbocycles. The van der Waals surface area contributed by atoms with Gasteiger partial charge in [0.15, 0.2) is 0 Å². The number of aliphatic hydroxyl groups excluding tert-OH is 1. The molecule has 2 aromatic heterocycles. The van der Waals surface area contributed by atoms with E-state index in [0.29, 0.717) is 5.92 Å². The van der Waals surface area contributed by atoms with Gasteiger partial charge in [-0.3, -0.25) is 4.90 Å². The summed E-state index contributed by atoms with van der Waals surface area (Å²) in [5.74, 6) is 3.08. The summed E-state index contributed by atoms with van der Waals surface area (Å²) in [6, 6.07) is 10.2. The average molecular weight is 409 g/mol. The predicted molar refractivity (Wildman–Crippen MR) is 111 cm³/mol. The normalized spacial score (nSPS) is 31.0. The van der Waals surface area contributed by atoms with Gasteiger partial charge in [0, 0.05) is 50.5 Å². The van der Waals surface area contributed by atoms with Crippen LogP contribution in [-0.4, -0.2) is 69.3 Å². The Bertz CT molecular complexity index is 1060. The van der Waals surface area contributed by atoms with Crippen molar-refractivity contribution in [2.75, 3.05) is 37.7 Å². The summed E-state index contributed by atoms with van der Waals surface area (Å²) in [6.45, 7) is 6.08. The lowest BCUT2D eigenvalue weighted by Crippen LogP contribution is -2.54. The lowest BCUT2D eigenvalue weighted by molar-refractivity contribution is -0.0653. The zero-order chi connectivity index (χ0) is 20.5. The molecule has 30 heavy (non-hydrogen) atoms. The van der Waals surface area contributed by atoms with Crippen molar-refractivity contribution in [1.82, 2.24) is 19.7 Å². The number of hydrogen-bond acceptors (Lipinski definition) is 7. The molecule has 3 fully saturated rings. The van der Waals surface area contributed by atoms with Gasteiger partial charge in [0.1, 0.15) is 22.8 Å². The lowest BCUT2D eigenvalue weighted by atomic mass is 9.83. The number of morpholine rings is 1. The van der Waals surface area contributed by atoms with Crippen LogP contribution in [-0.2, 0) is 18.3 Å². The second-order valence-corrected chi connectivity index (χ2v) is 9.06. The third kappa shape index (κ3) is 2.71. The van der Waals surface area contributed by atoms with Gasteiger partial charge in [-0.15, -0.1) is 0 Å². The number of aliphatic hydroxyl groups is 1. The highest BCUT2D eigenvalue weighted by atomic mass is 16.5. The summed E-state index contributed by atoms with van der Waals surface area (Å²) in [6.07, 6.45) is 0.0270. The van der Waals surface area contributed by atoms with Crippen molar-refractivity contribution >= 4 is 16.9 Å². The van der Waals surface area contributed by atoms with Crippen LogP contribution in [0.5, 0.6) is 0 Å². The summed E-state index contributed by atoms with van der Waals surface area (Å²) in [5, 5.41) is 15.7. The molecular formula is C22H27N5O3. The molecule has 3 aliphatic heterocycles. The monoisotopic (exact) mass is 409 g/mol. The summed E-state index contributed by atoms with van der Waals surface area (Å²) in [4.78, 5) is 9.34. The van der Waals surface area contributed by atoms with Gasteiger partial charge in [0.05, 0.1) is 19.2 Å². The molecular weight excluding hydrogens is 382 g/mol. The molecule has 3 aliphatic rings. The number of rotatable bonds is 4. The van der Waals surface area contributed by atoms with Gasteiger partial charge < -0.3 is 19.2 Å². The first-order valence-electron chi connectivity index (χ1n) is 10.7. The van der Waals surface area contributed by atoms with E-state index in [1.807, 2.05) is 36.9 Å². The van der Waals surface area contributed by atoms with Crippen LogP contribution in [0.25, 0.3) is 11.0 Å². The highest BCUT2D eigenvalue weighted by Crippen LogP contribution is 2.49. The highest BCUT2D eigenvalue weighted by molar-refractivity contribution is 5.77. The van der Waals surface area contributed by atoms with E-state index in [1.54, 1.807) is 0 Å². The van der Waals surface area contributed by atoms with E-state index in [9.17, 15) is 5.11 Å². The van der Waals surface area contributed by atoms with Crippen LogP contribution in [0.4, 0.5) is 5.95 Å². The smallest absolute Gasteiger partial charge is 0.223 e. The summed E-state index contributed by atoms with van der Waals surface area (Å²) in [7, 11) is 1.94. The molecule has 8 heteroatoms. The van der Waals surface area contributed by atoms with Crippen molar-refractivity contribution in [3.8, 4) is 0 Å². The Kier molecular flexibility index (Phi) is 4.00. The number of furan rings is 1. The number of ether oxygens (including phenoxy) is 1. The van der Waals surface area contributed by atoms with E-state index >= 15 is 0 Å². The third-order valence-electron chi connectivity index (χ3n) is 7.06. The fraction of sp³-hybridized carbons (Fsp3) is 0.545. The second kappa shape index (κ2) is 6.54. The van der Waals surface area contributed by atoms with E-state index in [4.69, 9.17) is 9.15 Å². The molecule has 3 aromatic rings. The Morgan fingerprint density at radius 1 is 1.23 bits per heavy atom. The summed E-state index contributed by atoms with van der Waals surface area (Å²) >= 11 is 0. The zero-order valence-electron chi connectivity index (χ0n) is 17.4. The molecule has 2 bridgehead atoms. The molecule has 4 atom stereocenters. The van der Waals surface area contributed by atoms with Crippen LogP contribution in [0, 0.1) is 18.8 Å². The SMILES string of the molecule is Cc1nc(N2C[C@H]3O[C@@]4(CN(Cc5cc6ccccc6o5)C[C@@H]4[C@@H]3CO)C2)n(C)n1. The minimum Gasteiger partial charge on any atom is -0.460 e. The quantitative estimate of drug-likeness (QED) is 0.701. The molecule has 6 rings (SSSR count). The van der Waals surface area contributed by atoms with Crippen LogP contribution < -0.4 is 4.90 Å². The molecule has 0 amide bonds. The standard InChI is InChI=1S/C22H27N5O3/c1-14-23-21(25(2)24-14)27-10-20-17(11-28)18-9-26(12-22(18,13-27)30-20)8-16-7-15-5-3-4-6-19(15)29-16/h3-7,17-18,20,28H,8-13H2,1-2H3/t17-,18+,20+,22-/m0/s1. The minimum absolute atomic E-state index is 0.0270. The molecule has 0 radical (unpaired) electrons. The Hall–Kier alpha value is -2.42. The number of nitrogens with zero attached hydrogens (tertiary/aromatic N) is 5. The van der Waals surface area contributed by atoms with Crippen molar-refractivity contribution in [3.05, 3.63) is 41.9 Å². The zero-order valence-corrected chi connectivity index (χ0v) is 17.4. The number of para-hydroxylation sites is 1. The highest BCUT2D eigenvalue weighted by Gasteiger charge is 2.62. The Labute approximate surface area is 175 Å². The van der Waals surface area contributed by atoms with E-state index in [2.05, 4.69) is 32.0 Å². The number of aryl methyl sites for hydroxylation is 2. The minimum atomic E-state index is -0.290. The van der Waals surface area contributed by atoms with Gasteiger partial charge in [0.25, 0.3) is 0 Å². The van der Waals surface area contributed by atoms with Crippen LogP contribution in [0.15, 0.2) is 34.7 Å². The van der Waals surface area contributed by atoms with E-state index in [1.165, 1.54) is 0 Å². The van der Waals surface area contributed by atoms with E-state index in [0.717, 1.165) is 61.2 Å². The first-order chi connectivity index (χ1) is 14.5. The van der Waals surface area contributed by atoms with E-state index in [-0.39, 0.29) is 24.2 Å². The number of likely N-dealkylation sites (tertiary alicyclic amines) is 1. The average Bonchev–Trinajstić information content (AvgIpc) is 3.41. The van der Waals surface area contributed by atoms with Crippen molar-refractivity contribution in [3.63, 3.8) is 0 Å². The maximum absolute atomic E-state index is 10.2. The molecule has 1 N–H and O–H groups in total. The van der Waals surface area contributed by atoms with Gasteiger partial charge in [0.2, 0.25) is 5.95 Å². The third-order valence-corrected chi connectivity index (χ3v) is 7.06. The van der Waals surface area contributed by atoms with Gasteiger partial charge in [-0.2, -0.15) is 10.1 Å². The fourth-order valence-electron chi connectivity index (χ4n) is 5.91. The lowest BCUT2D eigenvalue weighted by Gasteiger charge is -2.40.